The maximum Gasteiger partial charge on any atom is 0.238 e. The standard InChI is InChI=1S/C12H22N2OS/c1-2-10(7-9-3-4-9)14-12(15)11-8-16-6-5-13-11/h9-11,13H,2-8H2,1H3,(H,14,15). The van der Waals surface area contributed by atoms with Gasteiger partial charge in [0.05, 0.1) is 6.04 Å². The lowest BCUT2D eigenvalue weighted by molar-refractivity contribution is -0.123. The molecule has 2 unspecified atom stereocenters. The highest BCUT2D eigenvalue weighted by molar-refractivity contribution is 7.99. The van der Waals surface area contributed by atoms with Crippen LogP contribution in [0.25, 0.3) is 0 Å². The number of nitrogens with one attached hydrogen (secondary N) is 2. The van der Waals surface area contributed by atoms with Crippen LogP contribution in [-0.2, 0) is 4.79 Å². The Balaban J connectivity index is 1.74. The Morgan fingerprint density at radius 2 is 2.38 bits per heavy atom. The second-order valence-corrected chi connectivity index (χ2v) is 6.02. The van der Waals surface area contributed by atoms with Gasteiger partial charge in [0.2, 0.25) is 5.91 Å². The fourth-order valence-electron chi connectivity index (χ4n) is 2.12. The molecule has 2 fully saturated rings. The number of hydrogen-bond donors (Lipinski definition) is 2. The zero-order chi connectivity index (χ0) is 11.4. The Morgan fingerprint density at radius 3 is 2.94 bits per heavy atom. The molecule has 1 heterocycles. The van der Waals surface area contributed by atoms with Crippen molar-refractivity contribution in [3.05, 3.63) is 0 Å². The summed E-state index contributed by atoms with van der Waals surface area (Å²) in [4.78, 5) is 12.0. The maximum absolute atomic E-state index is 12.0. The van der Waals surface area contributed by atoms with Crippen molar-refractivity contribution in [3.8, 4) is 0 Å². The van der Waals surface area contributed by atoms with E-state index in [0.29, 0.717) is 6.04 Å². The molecule has 3 nitrogen and oxygen atoms in total. The molecule has 1 aliphatic carbocycles. The summed E-state index contributed by atoms with van der Waals surface area (Å²) < 4.78 is 0. The Hall–Kier alpha value is -0.220. The van der Waals surface area contributed by atoms with Gasteiger partial charge in [0.25, 0.3) is 0 Å². The molecule has 0 aromatic heterocycles. The number of hydrogen-bond acceptors (Lipinski definition) is 3. The predicted octanol–water partition coefficient (Wildman–Crippen LogP) is 1.39. The number of carbonyl (C=O) groups is 1. The van der Waals surface area contributed by atoms with E-state index < -0.39 is 0 Å². The molecule has 16 heavy (non-hydrogen) atoms. The lowest BCUT2D eigenvalue weighted by atomic mass is 10.1. The monoisotopic (exact) mass is 242 g/mol. The van der Waals surface area contributed by atoms with E-state index in [1.807, 2.05) is 11.8 Å². The zero-order valence-electron chi connectivity index (χ0n) is 10.00. The van der Waals surface area contributed by atoms with Crippen LogP contribution in [0.1, 0.15) is 32.6 Å². The van der Waals surface area contributed by atoms with Crippen LogP contribution in [0.15, 0.2) is 0 Å². The van der Waals surface area contributed by atoms with Crippen molar-refractivity contribution < 1.29 is 4.79 Å². The minimum atomic E-state index is 0.0343. The smallest absolute Gasteiger partial charge is 0.238 e. The van der Waals surface area contributed by atoms with Gasteiger partial charge in [0, 0.05) is 24.1 Å². The Morgan fingerprint density at radius 1 is 1.56 bits per heavy atom. The average molecular weight is 242 g/mol. The molecular weight excluding hydrogens is 220 g/mol. The third-order valence-electron chi connectivity index (χ3n) is 3.39. The molecule has 0 aromatic carbocycles. The molecule has 2 aliphatic rings. The predicted molar refractivity (Wildman–Crippen MR) is 68.7 cm³/mol. The van der Waals surface area contributed by atoms with Gasteiger partial charge in [-0.3, -0.25) is 4.79 Å². The van der Waals surface area contributed by atoms with Gasteiger partial charge in [-0.15, -0.1) is 0 Å². The molecule has 1 saturated heterocycles. The third-order valence-corrected chi connectivity index (χ3v) is 4.45. The lowest BCUT2D eigenvalue weighted by Gasteiger charge is -2.25. The van der Waals surface area contributed by atoms with E-state index in [4.69, 9.17) is 0 Å². The van der Waals surface area contributed by atoms with Crippen LogP contribution in [0.2, 0.25) is 0 Å². The summed E-state index contributed by atoms with van der Waals surface area (Å²) in [6, 6.07) is 0.431. The molecule has 2 N–H and O–H groups in total. The van der Waals surface area contributed by atoms with Gasteiger partial charge in [-0.2, -0.15) is 11.8 Å². The first-order valence-corrected chi connectivity index (χ1v) is 7.56. The van der Waals surface area contributed by atoms with Crippen LogP contribution in [0.5, 0.6) is 0 Å². The fourth-order valence-corrected chi connectivity index (χ4v) is 3.05. The summed E-state index contributed by atoms with van der Waals surface area (Å²) in [7, 11) is 0. The van der Waals surface area contributed by atoms with Crippen LogP contribution in [0, 0.1) is 5.92 Å². The van der Waals surface area contributed by atoms with E-state index in [-0.39, 0.29) is 11.9 Å². The van der Waals surface area contributed by atoms with E-state index in [1.165, 1.54) is 19.3 Å². The molecule has 92 valence electrons. The van der Waals surface area contributed by atoms with Crippen molar-refractivity contribution in [2.75, 3.05) is 18.1 Å². The SMILES string of the molecule is CCC(CC1CC1)NC(=O)C1CSCCN1. The molecule has 2 rings (SSSR count). The normalized spacial score (nSPS) is 27.4. The van der Waals surface area contributed by atoms with Crippen molar-refractivity contribution in [2.45, 2.75) is 44.7 Å². The van der Waals surface area contributed by atoms with E-state index in [0.717, 1.165) is 30.4 Å². The highest BCUT2D eigenvalue weighted by atomic mass is 32.2. The molecule has 0 spiro atoms. The summed E-state index contributed by atoms with van der Waals surface area (Å²) >= 11 is 1.87. The Bertz CT molecular complexity index is 237. The number of rotatable bonds is 5. The topological polar surface area (TPSA) is 41.1 Å². The van der Waals surface area contributed by atoms with Crippen LogP contribution in [-0.4, -0.2) is 36.0 Å². The highest BCUT2D eigenvalue weighted by Crippen LogP contribution is 2.34. The second-order valence-electron chi connectivity index (χ2n) is 4.87. The average Bonchev–Trinajstić information content (AvgIpc) is 3.13. The lowest BCUT2D eigenvalue weighted by Crippen LogP contribution is -2.51. The molecular formula is C12H22N2OS. The van der Waals surface area contributed by atoms with Gasteiger partial charge < -0.3 is 10.6 Å². The Kier molecular flexibility index (Phi) is 4.53. The van der Waals surface area contributed by atoms with E-state index in [9.17, 15) is 4.79 Å². The Labute approximate surface area is 102 Å². The molecule has 0 aromatic rings. The van der Waals surface area contributed by atoms with Crippen molar-refractivity contribution in [1.82, 2.24) is 10.6 Å². The molecule has 1 amide bonds. The van der Waals surface area contributed by atoms with Gasteiger partial charge in [0.1, 0.15) is 0 Å². The third kappa shape index (κ3) is 3.67. The second kappa shape index (κ2) is 5.92. The number of thioether (sulfide) groups is 1. The van der Waals surface area contributed by atoms with Crippen molar-refractivity contribution in [1.29, 1.82) is 0 Å². The summed E-state index contributed by atoms with van der Waals surface area (Å²) in [5.74, 6) is 3.15. The summed E-state index contributed by atoms with van der Waals surface area (Å²) in [5, 5.41) is 6.48. The number of carbonyl (C=O) groups excluding carboxylic acids is 1. The van der Waals surface area contributed by atoms with Crippen LogP contribution >= 0.6 is 11.8 Å². The van der Waals surface area contributed by atoms with E-state index in [2.05, 4.69) is 17.6 Å². The quantitative estimate of drug-likeness (QED) is 0.765. The van der Waals surface area contributed by atoms with Crippen molar-refractivity contribution in [3.63, 3.8) is 0 Å². The van der Waals surface area contributed by atoms with Gasteiger partial charge >= 0.3 is 0 Å². The molecule has 1 saturated carbocycles. The van der Waals surface area contributed by atoms with Gasteiger partial charge in [-0.05, 0) is 18.8 Å². The molecule has 2 atom stereocenters. The first kappa shape index (κ1) is 12.2. The summed E-state index contributed by atoms with van der Waals surface area (Å²) in [5.41, 5.74) is 0. The largest absolute Gasteiger partial charge is 0.352 e. The zero-order valence-corrected chi connectivity index (χ0v) is 10.8. The molecule has 0 radical (unpaired) electrons. The molecule has 4 heteroatoms. The highest BCUT2D eigenvalue weighted by Gasteiger charge is 2.27. The number of amides is 1. The minimum absolute atomic E-state index is 0.0343. The van der Waals surface area contributed by atoms with Crippen LogP contribution < -0.4 is 10.6 Å². The molecule has 0 bridgehead atoms. The summed E-state index contributed by atoms with van der Waals surface area (Å²) in [6.45, 7) is 3.12. The fraction of sp³-hybridized carbons (Fsp3) is 0.917. The first-order chi connectivity index (χ1) is 7.79. The first-order valence-electron chi connectivity index (χ1n) is 6.41. The van der Waals surface area contributed by atoms with Crippen LogP contribution in [0.3, 0.4) is 0 Å². The van der Waals surface area contributed by atoms with E-state index in [1.54, 1.807) is 0 Å². The van der Waals surface area contributed by atoms with Crippen LogP contribution in [0.4, 0.5) is 0 Å². The molecule has 1 aliphatic heterocycles. The van der Waals surface area contributed by atoms with Gasteiger partial charge in [0.15, 0.2) is 0 Å². The minimum Gasteiger partial charge on any atom is -0.352 e. The van der Waals surface area contributed by atoms with Crippen molar-refractivity contribution in [2.24, 2.45) is 5.92 Å². The van der Waals surface area contributed by atoms with Gasteiger partial charge in [-0.25, -0.2) is 0 Å². The van der Waals surface area contributed by atoms with E-state index >= 15 is 0 Å². The van der Waals surface area contributed by atoms with Gasteiger partial charge in [-0.1, -0.05) is 19.8 Å². The summed E-state index contributed by atoms with van der Waals surface area (Å²) in [6.07, 6.45) is 4.97. The van der Waals surface area contributed by atoms with Crippen molar-refractivity contribution >= 4 is 17.7 Å². The maximum atomic E-state index is 12.0.